The summed E-state index contributed by atoms with van der Waals surface area (Å²) in [6.45, 7) is 3.80. The Labute approximate surface area is 205 Å². The van der Waals surface area contributed by atoms with Gasteiger partial charge in [-0.05, 0) is 50.5 Å². The largest absolute Gasteiger partial charge is 0.483 e. The molecule has 0 amide bonds. The van der Waals surface area contributed by atoms with Gasteiger partial charge >= 0.3 is 5.69 Å². The monoisotopic (exact) mass is 526 g/mol. The molecule has 0 bridgehead atoms. The maximum Gasteiger partial charge on any atom is 0.311 e. The molecule has 34 heavy (non-hydrogen) atoms. The van der Waals surface area contributed by atoms with E-state index in [1.54, 1.807) is 18.2 Å². The topological polar surface area (TPSA) is 99.6 Å². The third kappa shape index (κ3) is 5.04. The zero-order chi connectivity index (χ0) is 24.2. The highest BCUT2D eigenvalue weighted by atomic mass is 79.9. The van der Waals surface area contributed by atoms with E-state index in [-0.39, 0.29) is 29.0 Å². The highest BCUT2D eigenvalue weighted by Gasteiger charge is 2.23. The molecule has 8 nitrogen and oxygen atoms in total. The number of hydrogen-bond acceptors (Lipinski definition) is 6. The summed E-state index contributed by atoms with van der Waals surface area (Å²) in [6.07, 6.45) is 7.18. The average Bonchev–Trinajstić information content (AvgIpc) is 2.84. The van der Waals surface area contributed by atoms with Crippen molar-refractivity contribution in [3.63, 3.8) is 0 Å². The number of nitro benzene ring substituents is 1. The predicted molar refractivity (Wildman–Crippen MR) is 136 cm³/mol. The first kappa shape index (κ1) is 24.1. The van der Waals surface area contributed by atoms with Gasteiger partial charge < -0.3 is 4.74 Å². The number of ether oxygens (including phenoxy) is 1. The molecule has 1 aromatic heterocycles. The van der Waals surface area contributed by atoms with Crippen LogP contribution < -0.4 is 10.3 Å². The molecule has 0 aliphatic heterocycles. The van der Waals surface area contributed by atoms with Gasteiger partial charge in [0.05, 0.1) is 28.1 Å². The van der Waals surface area contributed by atoms with E-state index in [1.165, 1.54) is 23.4 Å². The zero-order valence-corrected chi connectivity index (χ0v) is 20.8. The molecule has 0 unspecified atom stereocenters. The van der Waals surface area contributed by atoms with E-state index in [0.29, 0.717) is 28.7 Å². The Hall–Kier alpha value is -3.07. The number of nitrogens with zero attached hydrogens (tertiary/aromatic N) is 4. The number of hydrogen-bond donors (Lipinski definition) is 0. The van der Waals surface area contributed by atoms with E-state index < -0.39 is 4.92 Å². The smallest absolute Gasteiger partial charge is 0.311 e. The maximum absolute atomic E-state index is 13.5. The minimum Gasteiger partial charge on any atom is -0.483 e. The van der Waals surface area contributed by atoms with Crippen molar-refractivity contribution >= 4 is 38.7 Å². The summed E-state index contributed by atoms with van der Waals surface area (Å²) >= 11 is 3.43. The molecule has 9 heteroatoms. The van der Waals surface area contributed by atoms with E-state index in [1.807, 2.05) is 26.0 Å². The number of fused-ring (bicyclic) bond motifs is 1. The van der Waals surface area contributed by atoms with Crippen LogP contribution in [0.15, 0.2) is 50.8 Å². The molecule has 2 aromatic carbocycles. The molecule has 1 fully saturated rings. The van der Waals surface area contributed by atoms with Crippen molar-refractivity contribution in [1.29, 1.82) is 0 Å². The Morgan fingerprint density at radius 1 is 1.29 bits per heavy atom. The number of para-hydroxylation sites is 1. The average molecular weight is 527 g/mol. The van der Waals surface area contributed by atoms with Gasteiger partial charge in [-0.2, -0.15) is 9.78 Å². The van der Waals surface area contributed by atoms with E-state index in [9.17, 15) is 14.9 Å². The lowest BCUT2D eigenvalue weighted by atomic mass is 9.88. The third-order valence-corrected chi connectivity index (χ3v) is 6.72. The van der Waals surface area contributed by atoms with Crippen LogP contribution in [-0.2, 0) is 0 Å². The van der Waals surface area contributed by atoms with Gasteiger partial charge in [0.2, 0.25) is 5.75 Å². The maximum atomic E-state index is 13.5. The first-order valence-electron chi connectivity index (χ1n) is 11.6. The fourth-order valence-electron chi connectivity index (χ4n) is 4.22. The highest BCUT2D eigenvalue weighted by molar-refractivity contribution is 9.10. The van der Waals surface area contributed by atoms with Gasteiger partial charge in [-0.15, -0.1) is 0 Å². The Kier molecular flexibility index (Phi) is 7.41. The first-order chi connectivity index (χ1) is 16.4. The van der Waals surface area contributed by atoms with Crippen LogP contribution >= 0.6 is 15.9 Å². The minimum atomic E-state index is -0.468. The molecule has 3 aromatic rings. The normalized spacial score (nSPS) is 15.6. The van der Waals surface area contributed by atoms with Crippen LogP contribution in [0.4, 0.5) is 5.69 Å². The van der Waals surface area contributed by atoms with Crippen LogP contribution in [0.1, 0.15) is 69.7 Å². The molecule has 0 N–H and O–H groups in total. The van der Waals surface area contributed by atoms with Gasteiger partial charge in [0.15, 0.2) is 0 Å². The fourth-order valence-corrected chi connectivity index (χ4v) is 4.58. The van der Waals surface area contributed by atoms with Crippen molar-refractivity contribution < 1.29 is 9.66 Å². The van der Waals surface area contributed by atoms with Crippen LogP contribution in [0.3, 0.4) is 0 Å². The third-order valence-electron chi connectivity index (χ3n) is 6.23. The predicted octanol–water partition coefficient (Wildman–Crippen LogP) is 6.17. The Balaban J connectivity index is 1.86. The number of nitro groups is 1. The lowest BCUT2D eigenvalue weighted by Gasteiger charge is -2.22. The standard InChI is InChI=1S/C25H27BrN4O4/c1-3-16(2)34-23-18(10-7-11-22(23)30(32)33)15-27-29-24(17-8-5-4-6-9-17)28-21-13-12-19(26)14-20(21)25(29)31/h7,10-17H,3-6,8-9H2,1-2H3/t16-/m1/s1. The molecule has 1 atom stereocenters. The molecule has 1 aliphatic carbocycles. The number of aromatic nitrogens is 2. The van der Waals surface area contributed by atoms with Crippen LogP contribution in [-0.4, -0.2) is 26.9 Å². The second-order valence-electron chi connectivity index (χ2n) is 8.62. The van der Waals surface area contributed by atoms with E-state index >= 15 is 0 Å². The summed E-state index contributed by atoms with van der Waals surface area (Å²) in [6, 6.07) is 10.1. The van der Waals surface area contributed by atoms with Crippen LogP contribution in [0.2, 0.25) is 0 Å². The van der Waals surface area contributed by atoms with Crippen molar-refractivity contribution in [2.45, 2.75) is 64.4 Å². The van der Waals surface area contributed by atoms with Crippen molar-refractivity contribution in [3.8, 4) is 5.75 Å². The Morgan fingerprint density at radius 3 is 2.76 bits per heavy atom. The molecule has 4 rings (SSSR count). The summed E-state index contributed by atoms with van der Waals surface area (Å²) < 4.78 is 8.03. The van der Waals surface area contributed by atoms with Gasteiger partial charge in [0.25, 0.3) is 5.56 Å². The highest BCUT2D eigenvalue weighted by Crippen LogP contribution is 2.33. The first-order valence-corrected chi connectivity index (χ1v) is 12.4. The molecule has 0 spiro atoms. The zero-order valence-electron chi connectivity index (χ0n) is 19.2. The molecule has 1 aliphatic rings. The number of rotatable bonds is 7. The van der Waals surface area contributed by atoms with Crippen molar-refractivity contribution in [2.75, 3.05) is 0 Å². The van der Waals surface area contributed by atoms with Gasteiger partial charge in [0, 0.05) is 22.0 Å². The summed E-state index contributed by atoms with van der Waals surface area (Å²) in [5, 5.41) is 16.6. The number of halogens is 1. The molecule has 0 radical (unpaired) electrons. The quantitative estimate of drug-likeness (QED) is 0.208. The van der Waals surface area contributed by atoms with E-state index in [2.05, 4.69) is 21.0 Å². The van der Waals surface area contributed by atoms with Crippen molar-refractivity contribution in [2.24, 2.45) is 5.10 Å². The van der Waals surface area contributed by atoms with Gasteiger partial charge in [-0.1, -0.05) is 48.2 Å². The molecular formula is C25H27BrN4O4. The van der Waals surface area contributed by atoms with E-state index in [0.717, 1.165) is 30.2 Å². The van der Waals surface area contributed by atoms with Gasteiger partial charge in [-0.3, -0.25) is 14.9 Å². The molecular weight excluding hydrogens is 500 g/mol. The van der Waals surface area contributed by atoms with Crippen molar-refractivity contribution in [3.05, 3.63) is 72.7 Å². The second-order valence-corrected chi connectivity index (χ2v) is 9.53. The Bertz CT molecular complexity index is 1300. The minimum absolute atomic E-state index is 0.132. The SMILES string of the molecule is CC[C@@H](C)Oc1c(C=Nn2c(C3CCCCC3)nc3ccc(Br)cc3c2=O)cccc1[N+](=O)[O-]. The molecule has 1 heterocycles. The summed E-state index contributed by atoms with van der Waals surface area (Å²) in [7, 11) is 0. The second kappa shape index (κ2) is 10.5. The molecule has 178 valence electrons. The van der Waals surface area contributed by atoms with Crippen LogP contribution in [0.25, 0.3) is 10.9 Å². The summed E-state index contributed by atoms with van der Waals surface area (Å²) in [5.74, 6) is 0.910. The summed E-state index contributed by atoms with van der Waals surface area (Å²) in [4.78, 5) is 29.5. The lowest BCUT2D eigenvalue weighted by Crippen LogP contribution is -2.25. The van der Waals surface area contributed by atoms with Gasteiger partial charge in [-0.25, -0.2) is 4.98 Å². The molecule has 0 saturated heterocycles. The fraction of sp³-hybridized carbons (Fsp3) is 0.400. The van der Waals surface area contributed by atoms with E-state index in [4.69, 9.17) is 9.72 Å². The van der Waals surface area contributed by atoms with Gasteiger partial charge in [0.1, 0.15) is 5.82 Å². The number of benzene rings is 2. The molecule has 1 saturated carbocycles. The van der Waals surface area contributed by atoms with Crippen LogP contribution in [0.5, 0.6) is 5.75 Å². The van der Waals surface area contributed by atoms with Crippen LogP contribution in [0, 0.1) is 10.1 Å². The Morgan fingerprint density at radius 2 is 2.06 bits per heavy atom. The summed E-state index contributed by atoms with van der Waals surface area (Å²) in [5.41, 5.74) is 0.671. The van der Waals surface area contributed by atoms with Crippen molar-refractivity contribution in [1.82, 2.24) is 9.66 Å². The lowest BCUT2D eigenvalue weighted by molar-refractivity contribution is -0.386.